The van der Waals surface area contributed by atoms with Crippen LogP contribution in [0.4, 0.5) is 0 Å². The molecule has 0 fully saturated rings. The fraction of sp³-hybridized carbons (Fsp3) is 0.629. The van der Waals surface area contributed by atoms with Gasteiger partial charge in [-0.1, -0.05) is 127 Å². The Morgan fingerprint density at radius 1 is 0.769 bits per heavy atom. The summed E-state index contributed by atoms with van der Waals surface area (Å²) < 4.78 is 12.8. The highest BCUT2D eigenvalue weighted by atomic mass is 16.7. The molecule has 2 atom stereocenters. The van der Waals surface area contributed by atoms with Crippen molar-refractivity contribution in [3.63, 3.8) is 0 Å². The van der Waals surface area contributed by atoms with Crippen LogP contribution in [0.25, 0.3) is 0 Å². The molecule has 39 heavy (non-hydrogen) atoms. The van der Waals surface area contributed by atoms with Gasteiger partial charge >= 0.3 is 5.97 Å². The number of hydrogen-bond acceptors (Lipinski definition) is 3. The van der Waals surface area contributed by atoms with Gasteiger partial charge < -0.3 is 14.0 Å². The van der Waals surface area contributed by atoms with Crippen molar-refractivity contribution in [1.29, 1.82) is 0 Å². The minimum atomic E-state index is -0.567. The highest BCUT2D eigenvalue weighted by Gasteiger charge is 2.28. The Labute approximate surface area is 239 Å². The molecule has 0 saturated heterocycles. The molecule has 0 amide bonds. The second-order valence-electron chi connectivity index (χ2n) is 11.9. The number of carbonyl (C=O) groups excluding carboxylic acids is 1. The molecule has 218 valence electrons. The molecule has 2 rings (SSSR count). The summed E-state index contributed by atoms with van der Waals surface area (Å²) in [7, 11) is 4.32. The lowest BCUT2D eigenvalue weighted by Crippen LogP contribution is -2.44. The number of esters is 1. The van der Waals surface area contributed by atoms with E-state index in [0.29, 0.717) is 13.0 Å². The van der Waals surface area contributed by atoms with Crippen molar-refractivity contribution in [3.8, 4) is 5.75 Å². The van der Waals surface area contributed by atoms with Gasteiger partial charge in [-0.3, -0.25) is 4.79 Å². The highest BCUT2D eigenvalue weighted by Crippen LogP contribution is 2.24. The van der Waals surface area contributed by atoms with Gasteiger partial charge in [0.1, 0.15) is 18.2 Å². The summed E-state index contributed by atoms with van der Waals surface area (Å²) in [6, 6.07) is 18.7. The smallest absolute Gasteiger partial charge is 0.317 e. The van der Waals surface area contributed by atoms with Gasteiger partial charge in [0.2, 0.25) is 6.29 Å². The molecule has 4 nitrogen and oxygen atoms in total. The van der Waals surface area contributed by atoms with Crippen molar-refractivity contribution in [3.05, 3.63) is 65.7 Å². The number of benzene rings is 2. The van der Waals surface area contributed by atoms with Crippen molar-refractivity contribution in [1.82, 2.24) is 0 Å². The number of hydrogen-bond donors (Lipinski definition) is 0. The minimum Gasteiger partial charge on any atom is -0.455 e. The van der Waals surface area contributed by atoms with Crippen LogP contribution >= 0.6 is 0 Å². The number of rotatable bonds is 21. The summed E-state index contributed by atoms with van der Waals surface area (Å²) in [4.78, 5) is 13.0. The molecule has 0 saturated carbocycles. The zero-order valence-corrected chi connectivity index (χ0v) is 25.6. The molecule has 0 aliphatic rings. The number of aryl methyl sites for hydroxylation is 1. The summed E-state index contributed by atoms with van der Waals surface area (Å²) in [6.07, 6.45) is 15.8. The normalized spacial score (nSPS) is 13.2. The molecule has 2 aromatic carbocycles. The van der Waals surface area contributed by atoms with E-state index in [1.807, 2.05) is 32.0 Å². The lowest BCUT2D eigenvalue weighted by Gasteiger charge is -2.32. The molecule has 2 aromatic rings. The van der Waals surface area contributed by atoms with Crippen molar-refractivity contribution in [2.24, 2.45) is 5.92 Å². The first-order chi connectivity index (χ1) is 18.8. The van der Waals surface area contributed by atoms with Crippen molar-refractivity contribution >= 4 is 5.97 Å². The molecule has 0 N–H and O–H groups in total. The van der Waals surface area contributed by atoms with E-state index in [-0.39, 0.29) is 11.9 Å². The molecule has 4 heteroatoms. The van der Waals surface area contributed by atoms with E-state index in [4.69, 9.17) is 9.47 Å². The highest BCUT2D eigenvalue weighted by molar-refractivity contribution is 5.72. The molecule has 0 radical (unpaired) electrons. The summed E-state index contributed by atoms with van der Waals surface area (Å²) in [5.74, 6) is 0.439. The van der Waals surface area contributed by atoms with E-state index in [9.17, 15) is 4.79 Å². The van der Waals surface area contributed by atoms with Crippen molar-refractivity contribution in [2.75, 3.05) is 20.6 Å². The predicted molar refractivity (Wildman–Crippen MR) is 164 cm³/mol. The van der Waals surface area contributed by atoms with Crippen molar-refractivity contribution in [2.45, 2.75) is 117 Å². The number of unbranched alkanes of at least 4 members (excludes halogenated alkanes) is 10. The van der Waals surface area contributed by atoms with Crippen LogP contribution < -0.4 is 4.74 Å². The monoisotopic (exact) mass is 538 g/mol. The number of carbonyl (C=O) groups is 1. The van der Waals surface area contributed by atoms with Gasteiger partial charge in [-0.15, -0.1) is 0 Å². The minimum absolute atomic E-state index is 0.191. The SMILES string of the molecule is CCCCCCCCCCCCCc1ccccc1OC(CC)OC(=O)C(C)C[N+](C)(C)Cc1ccccc1. The third kappa shape index (κ3) is 14.0. The average Bonchev–Trinajstić information content (AvgIpc) is 2.92. The Morgan fingerprint density at radius 2 is 1.33 bits per heavy atom. The lowest BCUT2D eigenvalue weighted by molar-refractivity contribution is -0.905. The summed E-state index contributed by atoms with van der Waals surface area (Å²) in [5.41, 5.74) is 2.48. The third-order valence-electron chi connectivity index (χ3n) is 7.49. The Bertz CT molecular complexity index is 911. The van der Waals surface area contributed by atoms with Crippen LogP contribution in [-0.4, -0.2) is 37.4 Å². The Hall–Kier alpha value is -2.33. The first-order valence-electron chi connectivity index (χ1n) is 15.7. The topological polar surface area (TPSA) is 35.5 Å². The number of quaternary nitrogens is 1. The van der Waals surface area contributed by atoms with E-state index >= 15 is 0 Å². The molecular formula is C35H56NO3+. The van der Waals surface area contributed by atoms with Crippen LogP contribution in [0, 0.1) is 5.92 Å². The molecule has 0 bridgehead atoms. The first kappa shape index (κ1) is 32.9. The van der Waals surface area contributed by atoms with Crippen LogP contribution in [0.3, 0.4) is 0 Å². The molecule has 0 aliphatic carbocycles. The van der Waals surface area contributed by atoms with Crippen LogP contribution in [-0.2, 0) is 22.5 Å². The molecule has 0 spiro atoms. The Morgan fingerprint density at radius 3 is 1.95 bits per heavy atom. The quantitative estimate of drug-likeness (QED) is 0.0688. The number of para-hydroxylation sites is 1. The van der Waals surface area contributed by atoms with E-state index in [1.54, 1.807) is 0 Å². The van der Waals surface area contributed by atoms with E-state index < -0.39 is 6.29 Å². The average molecular weight is 539 g/mol. The summed E-state index contributed by atoms with van der Waals surface area (Å²) in [5, 5.41) is 0. The molecule has 0 aliphatic heterocycles. The fourth-order valence-corrected chi connectivity index (χ4v) is 5.34. The van der Waals surface area contributed by atoms with Crippen LogP contribution in [0.15, 0.2) is 54.6 Å². The maximum atomic E-state index is 13.0. The zero-order chi connectivity index (χ0) is 28.3. The zero-order valence-electron chi connectivity index (χ0n) is 25.6. The molecule has 0 aromatic heterocycles. The molecule has 0 heterocycles. The maximum absolute atomic E-state index is 13.0. The molecular weight excluding hydrogens is 482 g/mol. The largest absolute Gasteiger partial charge is 0.455 e. The van der Waals surface area contributed by atoms with Gasteiger partial charge in [0.15, 0.2) is 0 Å². The van der Waals surface area contributed by atoms with Crippen molar-refractivity contribution < 1.29 is 18.8 Å². The second kappa shape index (κ2) is 18.9. The van der Waals surface area contributed by atoms with E-state index in [2.05, 4.69) is 57.4 Å². The lowest BCUT2D eigenvalue weighted by atomic mass is 10.0. The summed E-state index contributed by atoms with van der Waals surface area (Å²) >= 11 is 0. The van der Waals surface area contributed by atoms with Gasteiger partial charge in [0.05, 0.1) is 20.6 Å². The van der Waals surface area contributed by atoms with Crippen LogP contribution in [0.1, 0.15) is 109 Å². The van der Waals surface area contributed by atoms with E-state index in [1.165, 1.54) is 81.8 Å². The van der Waals surface area contributed by atoms with E-state index in [0.717, 1.165) is 23.2 Å². The van der Waals surface area contributed by atoms with Gasteiger partial charge in [0, 0.05) is 12.0 Å². The van der Waals surface area contributed by atoms with Gasteiger partial charge in [-0.05, 0) is 31.4 Å². The Kier molecular flexibility index (Phi) is 15.9. The van der Waals surface area contributed by atoms with Crippen LogP contribution in [0.2, 0.25) is 0 Å². The standard InChI is InChI=1S/C35H56NO3/c1-6-8-9-10-11-12-13-14-15-16-20-25-32-26-21-22-27-33(32)38-34(7-2)39-35(37)30(3)28-36(4,5)29-31-23-18-17-19-24-31/h17-19,21-24,26-27,30,34H,6-16,20,25,28-29H2,1-5H3/q+1. The third-order valence-corrected chi connectivity index (χ3v) is 7.49. The Balaban J connectivity index is 1.75. The van der Waals surface area contributed by atoms with Gasteiger partial charge in [-0.25, -0.2) is 0 Å². The predicted octanol–water partition coefficient (Wildman–Crippen LogP) is 9.11. The maximum Gasteiger partial charge on any atom is 0.317 e. The number of nitrogens with zero attached hydrogens (tertiary/aromatic N) is 1. The second-order valence-corrected chi connectivity index (χ2v) is 11.9. The first-order valence-corrected chi connectivity index (χ1v) is 15.7. The fourth-order valence-electron chi connectivity index (χ4n) is 5.34. The van der Waals surface area contributed by atoms with Gasteiger partial charge in [-0.2, -0.15) is 0 Å². The van der Waals surface area contributed by atoms with Crippen LogP contribution in [0.5, 0.6) is 5.75 Å². The van der Waals surface area contributed by atoms with Gasteiger partial charge in [0.25, 0.3) is 0 Å². The summed E-state index contributed by atoms with van der Waals surface area (Å²) in [6.45, 7) is 7.82. The number of ether oxygens (including phenoxy) is 2. The molecule has 2 unspecified atom stereocenters.